The predicted octanol–water partition coefficient (Wildman–Crippen LogP) is 1.87. The topological polar surface area (TPSA) is 80.5 Å². The zero-order valence-corrected chi connectivity index (χ0v) is 13.7. The molecule has 2 unspecified atom stereocenters. The number of thiazole rings is 1. The Morgan fingerprint density at radius 1 is 1.57 bits per heavy atom. The van der Waals surface area contributed by atoms with Crippen molar-refractivity contribution in [1.29, 1.82) is 0 Å². The molecule has 7 heteroatoms. The SMILES string of the molecule is CCCN(C)c1nc(N)c(C(=O)NC2CCCC2OC)s1. The lowest BCUT2D eigenvalue weighted by Crippen LogP contribution is -2.40. The number of rotatable bonds is 6. The molecule has 1 aliphatic carbocycles. The van der Waals surface area contributed by atoms with Crippen molar-refractivity contribution in [3.63, 3.8) is 0 Å². The van der Waals surface area contributed by atoms with Gasteiger partial charge >= 0.3 is 0 Å². The van der Waals surface area contributed by atoms with Gasteiger partial charge < -0.3 is 20.7 Å². The van der Waals surface area contributed by atoms with E-state index in [0.29, 0.717) is 10.7 Å². The Labute approximate surface area is 129 Å². The Morgan fingerprint density at radius 2 is 2.33 bits per heavy atom. The number of carbonyl (C=O) groups is 1. The number of nitrogens with two attached hydrogens (primary N) is 1. The molecule has 0 saturated heterocycles. The summed E-state index contributed by atoms with van der Waals surface area (Å²) in [5.41, 5.74) is 5.90. The molecule has 1 fully saturated rings. The molecule has 1 heterocycles. The summed E-state index contributed by atoms with van der Waals surface area (Å²) in [7, 11) is 3.65. The van der Waals surface area contributed by atoms with Crippen molar-refractivity contribution in [3.05, 3.63) is 4.88 Å². The quantitative estimate of drug-likeness (QED) is 0.838. The van der Waals surface area contributed by atoms with Crippen LogP contribution in [-0.4, -0.2) is 43.7 Å². The normalized spacial score (nSPS) is 21.5. The predicted molar refractivity (Wildman–Crippen MR) is 86.0 cm³/mol. The summed E-state index contributed by atoms with van der Waals surface area (Å²) in [6.07, 6.45) is 4.14. The summed E-state index contributed by atoms with van der Waals surface area (Å²) in [6.45, 7) is 2.99. The molecule has 3 N–H and O–H groups in total. The molecule has 21 heavy (non-hydrogen) atoms. The molecule has 118 valence electrons. The van der Waals surface area contributed by atoms with Gasteiger partial charge in [-0.2, -0.15) is 0 Å². The summed E-state index contributed by atoms with van der Waals surface area (Å²) >= 11 is 1.34. The fourth-order valence-corrected chi connectivity index (χ4v) is 3.56. The first-order valence-corrected chi connectivity index (χ1v) is 8.19. The number of nitrogen functional groups attached to an aromatic ring is 1. The average Bonchev–Trinajstić information content (AvgIpc) is 3.05. The highest BCUT2D eigenvalue weighted by Crippen LogP contribution is 2.28. The first kappa shape index (κ1) is 16.0. The third kappa shape index (κ3) is 3.65. The molecule has 0 aromatic carbocycles. The van der Waals surface area contributed by atoms with Crippen molar-refractivity contribution in [3.8, 4) is 0 Å². The molecule has 1 aromatic heterocycles. The Balaban J connectivity index is 2.05. The lowest BCUT2D eigenvalue weighted by atomic mass is 10.2. The lowest BCUT2D eigenvalue weighted by Gasteiger charge is -2.19. The van der Waals surface area contributed by atoms with E-state index in [1.807, 2.05) is 11.9 Å². The summed E-state index contributed by atoms with van der Waals surface area (Å²) in [5, 5.41) is 3.82. The highest BCUT2D eigenvalue weighted by atomic mass is 32.1. The monoisotopic (exact) mass is 312 g/mol. The van der Waals surface area contributed by atoms with Crippen LogP contribution < -0.4 is 16.0 Å². The van der Waals surface area contributed by atoms with Gasteiger partial charge in [0.05, 0.1) is 12.1 Å². The number of nitrogens with zero attached hydrogens (tertiary/aromatic N) is 2. The average molecular weight is 312 g/mol. The van der Waals surface area contributed by atoms with E-state index >= 15 is 0 Å². The number of aromatic nitrogens is 1. The van der Waals surface area contributed by atoms with Gasteiger partial charge in [0.25, 0.3) is 5.91 Å². The standard InChI is InChI=1S/C14H24N4O2S/c1-4-8-18(2)14-17-12(15)11(21-14)13(19)16-9-6-5-7-10(9)20-3/h9-10H,4-8,15H2,1-3H3,(H,16,19). The number of hydrogen-bond acceptors (Lipinski definition) is 6. The van der Waals surface area contributed by atoms with E-state index in [9.17, 15) is 4.79 Å². The molecular weight excluding hydrogens is 288 g/mol. The summed E-state index contributed by atoms with van der Waals surface area (Å²) in [5.74, 6) is 0.164. The van der Waals surface area contributed by atoms with E-state index in [0.717, 1.165) is 37.4 Å². The van der Waals surface area contributed by atoms with Gasteiger partial charge in [-0.1, -0.05) is 18.3 Å². The zero-order valence-electron chi connectivity index (χ0n) is 12.9. The van der Waals surface area contributed by atoms with Crippen LogP contribution in [0.2, 0.25) is 0 Å². The van der Waals surface area contributed by atoms with E-state index in [-0.39, 0.29) is 18.1 Å². The Hall–Kier alpha value is -1.34. The van der Waals surface area contributed by atoms with Gasteiger partial charge in [0.1, 0.15) is 10.7 Å². The van der Waals surface area contributed by atoms with Crippen molar-refractivity contribution < 1.29 is 9.53 Å². The fourth-order valence-electron chi connectivity index (χ4n) is 2.68. The number of nitrogens with one attached hydrogen (secondary N) is 1. The first-order chi connectivity index (χ1) is 10.1. The molecule has 1 amide bonds. The van der Waals surface area contributed by atoms with Gasteiger partial charge in [-0.15, -0.1) is 0 Å². The van der Waals surface area contributed by atoms with Crippen molar-refractivity contribution >= 4 is 28.2 Å². The second-order valence-electron chi connectivity index (χ2n) is 5.42. The summed E-state index contributed by atoms with van der Waals surface area (Å²) in [6, 6.07) is 0.0702. The van der Waals surface area contributed by atoms with Crippen LogP contribution in [0.15, 0.2) is 0 Å². The number of amides is 1. The maximum Gasteiger partial charge on any atom is 0.265 e. The van der Waals surface area contributed by atoms with Gasteiger partial charge in [0.15, 0.2) is 5.13 Å². The minimum Gasteiger partial charge on any atom is -0.382 e. The number of anilines is 2. The molecule has 0 aliphatic heterocycles. The smallest absolute Gasteiger partial charge is 0.265 e. The lowest BCUT2D eigenvalue weighted by molar-refractivity contribution is 0.0725. The summed E-state index contributed by atoms with van der Waals surface area (Å²) < 4.78 is 5.40. The zero-order chi connectivity index (χ0) is 15.4. The van der Waals surface area contributed by atoms with Gasteiger partial charge in [0.2, 0.25) is 0 Å². The minimum absolute atomic E-state index is 0.0702. The van der Waals surface area contributed by atoms with Crippen LogP contribution in [-0.2, 0) is 4.74 Å². The van der Waals surface area contributed by atoms with Gasteiger partial charge in [-0.25, -0.2) is 4.98 Å². The van der Waals surface area contributed by atoms with E-state index in [1.165, 1.54) is 11.3 Å². The molecule has 2 rings (SSSR count). The van der Waals surface area contributed by atoms with Crippen molar-refractivity contribution in [1.82, 2.24) is 10.3 Å². The summed E-state index contributed by atoms with van der Waals surface area (Å²) in [4.78, 5) is 19.2. The van der Waals surface area contributed by atoms with Crippen LogP contribution in [0.25, 0.3) is 0 Å². The van der Waals surface area contributed by atoms with Gasteiger partial charge in [0, 0.05) is 20.7 Å². The number of methoxy groups -OCH3 is 1. The Kier molecular flexibility index (Phi) is 5.41. The number of carbonyl (C=O) groups excluding carboxylic acids is 1. The van der Waals surface area contributed by atoms with Crippen LogP contribution >= 0.6 is 11.3 Å². The van der Waals surface area contributed by atoms with E-state index in [1.54, 1.807) is 7.11 Å². The molecule has 6 nitrogen and oxygen atoms in total. The van der Waals surface area contributed by atoms with Crippen LogP contribution in [0.3, 0.4) is 0 Å². The maximum absolute atomic E-state index is 12.4. The molecule has 1 aromatic rings. The molecule has 1 saturated carbocycles. The van der Waals surface area contributed by atoms with Crippen molar-refractivity contribution in [2.75, 3.05) is 31.3 Å². The Morgan fingerprint density at radius 3 is 3.00 bits per heavy atom. The molecular formula is C14H24N4O2S. The van der Waals surface area contributed by atoms with Crippen LogP contribution in [0.1, 0.15) is 42.3 Å². The highest BCUT2D eigenvalue weighted by Gasteiger charge is 2.30. The highest BCUT2D eigenvalue weighted by molar-refractivity contribution is 7.18. The number of ether oxygens (including phenoxy) is 1. The Bertz CT molecular complexity index is 491. The van der Waals surface area contributed by atoms with E-state index in [2.05, 4.69) is 17.2 Å². The molecule has 0 spiro atoms. The maximum atomic E-state index is 12.4. The second kappa shape index (κ2) is 7.09. The van der Waals surface area contributed by atoms with Crippen LogP contribution in [0, 0.1) is 0 Å². The minimum atomic E-state index is -0.143. The van der Waals surface area contributed by atoms with E-state index < -0.39 is 0 Å². The van der Waals surface area contributed by atoms with Crippen molar-refractivity contribution in [2.45, 2.75) is 44.8 Å². The molecule has 0 radical (unpaired) electrons. The molecule has 1 aliphatic rings. The second-order valence-corrected chi connectivity index (χ2v) is 6.39. The fraction of sp³-hybridized carbons (Fsp3) is 0.714. The van der Waals surface area contributed by atoms with Crippen LogP contribution in [0.4, 0.5) is 10.9 Å². The first-order valence-electron chi connectivity index (χ1n) is 7.37. The third-order valence-corrected chi connectivity index (χ3v) is 4.99. The largest absolute Gasteiger partial charge is 0.382 e. The van der Waals surface area contributed by atoms with E-state index in [4.69, 9.17) is 10.5 Å². The van der Waals surface area contributed by atoms with Crippen LogP contribution in [0.5, 0.6) is 0 Å². The number of hydrogen-bond donors (Lipinski definition) is 2. The van der Waals surface area contributed by atoms with Gasteiger partial charge in [-0.05, 0) is 25.7 Å². The van der Waals surface area contributed by atoms with Gasteiger partial charge in [-0.3, -0.25) is 4.79 Å². The molecule has 0 bridgehead atoms. The third-order valence-electron chi connectivity index (χ3n) is 3.81. The van der Waals surface area contributed by atoms with Crippen molar-refractivity contribution in [2.24, 2.45) is 0 Å². The molecule has 2 atom stereocenters.